The van der Waals surface area contributed by atoms with Crippen LogP contribution in [-0.4, -0.2) is 22.0 Å². The Morgan fingerprint density at radius 3 is 2.42 bits per heavy atom. The van der Waals surface area contributed by atoms with Crippen molar-refractivity contribution < 1.29 is 13.2 Å². The molecule has 6 heteroatoms. The second-order valence-corrected chi connectivity index (χ2v) is 5.43. The molecule has 1 unspecified atom stereocenters. The number of hydrogen-bond donors (Lipinski definition) is 1. The van der Waals surface area contributed by atoms with Crippen molar-refractivity contribution in [2.24, 2.45) is 13.0 Å². The third-order valence-electron chi connectivity index (χ3n) is 3.90. The summed E-state index contributed by atoms with van der Waals surface area (Å²) in [5, 5.41) is 7.50. The number of aryl methyl sites for hydroxylation is 1. The Hall–Kier alpha value is -1.04. The topological polar surface area (TPSA) is 29.9 Å². The molecule has 0 amide bonds. The van der Waals surface area contributed by atoms with Gasteiger partial charge in [-0.3, -0.25) is 4.68 Å². The SMILES string of the molecule is CC(NC1CCC(C(F)(F)F)CC1)c1cnn(C)c1. The summed E-state index contributed by atoms with van der Waals surface area (Å²) in [6.07, 6.45) is 1.35. The summed E-state index contributed by atoms with van der Waals surface area (Å²) in [6.45, 7) is 2.02. The molecule has 1 fully saturated rings. The van der Waals surface area contributed by atoms with Gasteiger partial charge in [0.05, 0.1) is 12.1 Å². The highest BCUT2D eigenvalue weighted by Gasteiger charge is 2.41. The van der Waals surface area contributed by atoms with E-state index in [0.29, 0.717) is 12.8 Å². The largest absolute Gasteiger partial charge is 0.391 e. The zero-order valence-corrected chi connectivity index (χ0v) is 11.2. The molecule has 0 saturated heterocycles. The smallest absolute Gasteiger partial charge is 0.307 e. The second-order valence-electron chi connectivity index (χ2n) is 5.43. The van der Waals surface area contributed by atoms with Crippen LogP contribution in [0.1, 0.15) is 44.2 Å². The van der Waals surface area contributed by atoms with Crippen LogP contribution < -0.4 is 5.32 Å². The van der Waals surface area contributed by atoms with Crippen LogP contribution >= 0.6 is 0 Å². The predicted octanol–water partition coefficient (Wildman–Crippen LogP) is 3.19. The van der Waals surface area contributed by atoms with Crippen molar-refractivity contribution in [2.45, 2.75) is 50.9 Å². The van der Waals surface area contributed by atoms with E-state index in [4.69, 9.17) is 0 Å². The lowest BCUT2D eigenvalue weighted by Gasteiger charge is -2.32. The minimum atomic E-state index is -4.03. The first-order valence-corrected chi connectivity index (χ1v) is 6.67. The maximum absolute atomic E-state index is 12.6. The maximum Gasteiger partial charge on any atom is 0.391 e. The Morgan fingerprint density at radius 2 is 1.95 bits per heavy atom. The van der Waals surface area contributed by atoms with Crippen LogP contribution in [0.2, 0.25) is 0 Å². The van der Waals surface area contributed by atoms with Gasteiger partial charge in [-0.25, -0.2) is 0 Å². The van der Waals surface area contributed by atoms with E-state index in [-0.39, 0.29) is 24.9 Å². The summed E-state index contributed by atoms with van der Waals surface area (Å²) in [5.74, 6) is -1.11. The van der Waals surface area contributed by atoms with Crippen LogP contribution in [0.5, 0.6) is 0 Å². The first-order valence-electron chi connectivity index (χ1n) is 6.67. The van der Waals surface area contributed by atoms with Gasteiger partial charge in [0, 0.05) is 30.9 Å². The van der Waals surface area contributed by atoms with Gasteiger partial charge in [-0.15, -0.1) is 0 Å². The second kappa shape index (κ2) is 5.53. The van der Waals surface area contributed by atoms with E-state index in [2.05, 4.69) is 10.4 Å². The molecule has 0 bridgehead atoms. The number of halogens is 3. The Morgan fingerprint density at radius 1 is 1.32 bits per heavy atom. The highest BCUT2D eigenvalue weighted by Crippen LogP contribution is 2.37. The maximum atomic E-state index is 12.6. The summed E-state index contributed by atoms with van der Waals surface area (Å²) < 4.78 is 39.4. The summed E-state index contributed by atoms with van der Waals surface area (Å²) in [4.78, 5) is 0. The molecule has 1 aromatic heterocycles. The molecule has 108 valence electrons. The molecular weight excluding hydrogens is 255 g/mol. The molecule has 19 heavy (non-hydrogen) atoms. The summed E-state index contributed by atoms with van der Waals surface area (Å²) >= 11 is 0. The monoisotopic (exact) mass is 275 g/mol. The van der Waals surface area contributed by atoms with Gasteiger partial charge in [-0.1, -0.05) is 0 Å². The Labute approximate surface area is 111 Å². The summed E-state index contributed by atoms with van der Waals surface area (Å²) in [5.41, 5.74) is 1.07. The number of nitrogens with zero attached hydrogens (tertiary/aromatic N) is 2. The van der Waals surface area contributed by atoms with Gasteiger partial charge in [0.15, 0.2) is 0 Å². The highest BCUT2D eigenvalue weighted by atomic mass is 19.4. The number of aromatic nitrogens is 2. The van der Waals surface area contributed by atoms with E-state index in [0.717, 1.165) is 5.56 Å². The molecule has 0 aromatic carbocycles. The fraction of sp³-hybridized carbons (Fsp3) is 0.769. The minimum absolute atomic E-state index is 0.126. The first kappa shape index (κ1) is 14.4. The average Bonchev–Trinajstić information content (AvgIpc) is 2.75. The van der Waals surface area contributed by atoms with Crippen LogP contribution in [0.15, 0.2) is 12.4 Å². The van der Waals surface area contributed by atoms with Crippen LogP contribution in [0.25, 0.3) is 0 Å². The molecule has 1 saturated carbocycles. The fourth-order valence-corrected chi connectivity index (χ4v) is 2.70. The molecule has 2 rings (SSSR count). The first-order chi connectivity index (χ1) is 8.86. The molecule has 1 N–H and O–H groups in total. The zero-order chi connectivity index (χ0) is 14.0. The molecule has 1 heterocycles. The highest BCUT2D eigenvalue weighted by molar-refractivity contribution is 5.09. The van der Waals surface area contributed by atoms with Gasteiger partial charge in [0.25, 0.3) is 0 Å². The third-order valence-corrected chi connectivity index (χ3v) is 3.90. The summed E-state index contributed by atoms with van der Waals surface area (Å²) in [6, 6.07) is 0.301. The van der Waals surface area contributed by atoms with Gasteiger partial charge in [-0.2, -0.15) is 18.3 Å². The van der Waals surface area contributed by atoms with Crippen molar-refractivity contribution >= 4 is 0 Å². The number of hydrogen-bond acceptors (Lipinski definition) is 2. The molecule has 0 spiro atoms. The van der Waals surface area contributed by atoms with Gasteiger partial charge >= 0.3 is 6.18 Å². The Bertz CT molecular complexity index is 406. The molecule has 0 radical (unpaired) electrons. The van der Waals surface area contributed by atoms with E-state index in [9.17, 15) is 13.2 Å². The summed E-state index contributed by atoms with van der Waals surface area (Å²) in [7, 11) is 1.85. The Balaban J connectivity index is 1.82. The molecule has 1 aromatic rings. The van der Waals surface area contributed by atoms with E-state index in [1.54, 1.807) is 10.9 Å². The van der Waals surface area contributed by atoms with Crippen molar-refractivity contribution in [2.75, 3.05) is 0 Å². The van der Waals surface area contributed by atoms with Gasteiger partial charge in [0.1, 0.15) is 0 Å². The molecule has 1 aliphatic rings. The van der Waals surface area contributed by atoms with Crippen LogP contribution in [0.4, 0.5) is 13.2 Å². The van der Waals surface area contributed by atoms with Gasteiger partial charge in [-0.05, 0) is 32.6 Å². The van der Waals surface area contributed by atoms with E-state index in [1.165, 1.54) is 0 Å². The zero-order valence-electron chi connectivity index (χ0n) is 11.2. The average molecular weight is 275 g/mol. The minimum Gasteiger partial charge on any atom is -0.307 e. The van der Waals surface area contributed by atoms with Crippen molar-refractivity contribution in [3.8, 4) is 0 Å². The van der Waals surface area contributed by atoms with E-state index in [1.807, 2.05) is 20.2 Å². The van der Waals surface area contributed by atoms with Gasteiger partial charge < -0.3 is 5.32 Å². The Kier molecular flexibility index (Phi) is 4.18. The predicted molar refractivity (Wildman–Crippen MR) is 66.6 cm³/mol. The van der Waals surface area contributed by atoms with Crippen molar-refractivity contribution in [3.63, 3.8) is 0 Å². The van der Waals surface area contributed by atoms with Crippen molar-refractivity contribution in [1.82, 2.24) is 15.1 Å². The molecule has 0 aliphatic heterocycles. The number of rotatable bonds is 3. The molecular formula is C13H20F3N3. The molecule has 1 aliphatic carbocycles. The molecule has 1 atom stereocenters. The third kappa shape index (κ3) is 3.72. The number of alkyl halides is 3. The van der Waals surface area contributed by atoms with E-state index < -0.39 is 12.1 Å². The number of nitrogens with one attached hydrogen (secondary N) is 1. The lowest BCUT2D eigenvalue weighted by molar-refractivity contribution is -0.182. The lowest BCUT2D eigenvalue weighted by atomic mass is 9.85. The van der Waals surface area contributed by atoms with Crippen LogP contribution in [0, 0.1) is 5.92 Å². The molecule has 3 nitrogen and oxygen atoms in total. The fourth-order valence-electron chi connectivity index (χ4n) is 2.70. The van der Waals surface area contributed by atoms with Crippen molar-refractivity contribution in [1.29, 1.82) is 0 Å². The van der Waals surface area contributed by atoms with Crippen LogP contribution in [-0.2, 0) is 7.05 Å². The van der Waals surface area contributed by atoms with Crippen molar-refractivity contribution in [3.05, 3.63) is 18.0 Å². The van der Waals surface area contributed by atoms with Gasteiger partial charge in [0.2, 0.25) is 0 Å². The standard InChI is InChI=1S/C13H20F3N3/c1-9(10-7-17-19(2)8-10)18-12-5-3-11(4-6-12)13(14,15)16/h7-9,11-12,18H,3-6H2,1-2H3. The van der Waals surface area contributed by atoms with E-state index >= 15 is 0 Å². The quantitative estimate of drug-likeness (QED) is 0.918. The van der Waals surface area contributed by atoms with Crippen LogP contribution in [0.3, 0.4) is 0 Å². The normalized spacial score (nSPS) is 26.4. The lowest BCUT2D eigenvalue weighted by Crippen LogP contribution is -2.38.